The van der Waals surface area contributed by atoms with Crippen LogP contribution >= 0.6 is 0 Å². The summed E-state index contributed by atoms with van der Waals surface area (Å²) in [6.45, 7) is 8.71. The van der Waals surface area contributed by atoms with Gasteiger partial charge < -0.3 is 4.84 Å². The van der Waals surface area contributed by atoms with Gasteiger partial charge in [0, 0.05) is 6.54 Å². The number of nitrogens with one attached hydrogen (secondary N) is 1. The van der Waals surface area contributed by atoms with Crippen LogP contribution in [0.15, 0.2) is 0 Å². The van der Waals surface area contributed by atoms with Gasteiger partial charge in [-0.15, -0.1) is 0 Å². The number of hydroxylamine groups is 1. The second-order valence-corrected chi connectivity index (χ2v) is 6.80. The van der Waals surface area contributed by atoms with Crippen molar-refractivity contribution in [2.24, 2.45) is 5.92 Å². The Hall–Kier alpha value is -0.0800. The van der Waals surface area contributed by atoms with Crippen molar-refractivity contribution in [2.75, 3.05) is 13.2 Å². The van der Waals surface area contributed by atoms with Gasteiger partial charge in [0.1, 0.15) is 0 Å². The molecule has 0 aliphatic rings. The maximum atomic E-state index is 5.62. The summed E-state index contributed by atoms with van der Waals surface area (Å²) < 4.78 is 0. The molecule has 1 N–H and O–H groups in total. The van der Waals surface area contributed by atoms with E-state index in [-0.39, 0.29) is 0 Å². The van der Waals surface area contributed by atoms with Crippen molar-refractivity contribution in [1.82, 2.24) is 5.48 Å². The molecular formula is C20H43NO. The molecule has 0 aliphatic heterocycles. The van der Waals surface area contributed by atoms with Gasteiger partial charge in [-0.2, -0.15) is 0 Å². The van der Waals surface area contributed by atoms with Gasteiger partial charge in [-0.25, -0.2) is 5.48 Å². The molecule has 0 spiro atoms. The van der Waals surface area contributed by atoms with Gasteiger partial charge in [0.15, 0.2) is 0 Å². The molecule has 22 heavy (non-hydrogen) atoms. The molecular weight excluding hydrogens is 270 g/mol. The Labute approximate surface area is 140 Å². The predicted molar refractivity (Wildman–Crippen MR) is 99.1 cm³/mol. The third kappa shape index (κ3) is 16.3. The average molecular weight is 314 g/mol. The van der Waals surface area contributed by atoms with Crippen LogP contribution in [0.3, 0.4) is 0 Å². The summed E-state index contributed by atoms with van der Waals surface area (Å²) in [6.07, 6.45) is 19.1. The molecule has 0 saturated carbocycles. The predicted octanol–water partition coefficient (Wildman–Crippen LogP) is 6.64. The van der Waals surface area contributed by atoms with E-state index in [0.717, 1.165) is 19.1 Å². The maximum Gasteiger partial charge on any atom is 0.0710 e. The molecule has 0 radical (unpaired) electrons. The van der Waals surface area contributed by atoms with Crippen LogP contribution in [0.4, 0.5) is 0 Å². The summed E-state index contributed by atoms with van der Waals surface area (Å²) in [6, 6.07) is 0. The molecule has 1 atom stereocenters. The molecule has 2 heteroatoms. The van der Waals surface area contributed by atoms with Crippen molar-refractivity contribution in [1.29, 1.82) is 0 Å². The van der Waals surface area contributed by atoms with E-state index in [1.807, 2.05) is 0 Å². The Morgan fingerprint density at radius 3 is 1.77 bits per heavy atom. The lowest BCUT2D eigenvalue weighted by atomic mass is 10.0. The molecule has 0 amide bonds. The highest BCUT2D eigenvalue weighted by atomic mass is 16.6. The second kappa shape index (κ2) is 19.0. The first-order chi connectivity index (χ1) is 10.8. The maximum absolute atomic E-state index is 5.62. The first-order valence-electron chi connectivity index (χ1n) is 10.2. The van der Waals surface area contributed by atoms with Crippen LogP contribution in [0, 0.1) is 5.92 Å². The monoisotopic (exact) mass is 313 g/mol. The molecule has 0 saturated heterocycles. The third-order valence-electron chi connectivity index (χ3n) is 4.60. The zero-order valence-electron chi connectivity index (χ0n) is 15.8. The number of hydrogen-bond acceptors (Lipinski definition) is 2. The fourth-order valence-electron chi connectivity index (χ4n) is 2.83. The highest BCUT2D eigenvalue weighted by molar-refractivity contribution is 4.55. The van der Waals surface area contributed by atoms with Gasteiger partial charge in [0.25, 0.3) is 0 Å². The summed E-state index contributed by atoms with van der Waals surface area (Å²) in [5, 5.41) is 0. The lowest BCUT2D eigenvalue weighted by molar-refractivity contribution is 0.0133. The Morgan fingerprint density at radius 1 is 0.682 bits per heavy atom. The minimum absolute atomic E-state index is 0.736. The first-order valence-corrected chi connectivity index (χ1v) is 10.2. The fourth-order valence-corrected chi connectivity index (χ4v) is 2.83. The van der Waals surface area contributed by atoms with E-state index in [4.69, 9.17) is 4.84 Å². The molecule has 0 aromatic rings. The van der Waals surface area contributed by atoms with Crippen LogP contribution in [0.25, 0.3) is 0 Å². The lowest BCUT2D eigenvalue weighted by Crippen LogP contribution is -2.20. The van der Waals surface area contributed by atoms with E-state index in [9.17, 15) is 0 Å². The summed E-state index contributed by atoms with van der Waals surface area (Å²) in [7, 11) is 0. The van der Waals surface area contributed by atoms with Gasteiger partial charge in [-0.05, 0) is 18.8 Å². The first kappa shape index (κ1) is 21.9. The van der Waals surface area contributed by atoms with Crippen LogP contribution in [0.1, 0.15) is 111 Å². The average Bonchev–Trinajstić information content (AvgIpc) is 2.54. The summed E-state index contributed by atoms with van der Waals surface area (Å²) in [4.78, 5) is 5.62. The fraction of sp³-hybridized carbons (Fsp3) is 1.00. The van der Waals surface area contributed by atoms with Crippen molar-refractivity contribution in [3.8, 4) is 0 Å². The Morgan fingerprint density at radius 2 is 1.23 bits per heavy atom. The standard InChI is InChI=1S/C20H43NO/c1-4-7-9-10-11-12-13-14-15-16-18-21-22-19-20(6-3)17-8-5-2/h20-21H,4-19H2,1-3H3. The van der Waals surface area contributed by atoms with Crippen LogP contribution < -0.4 is 5.48 Å². The molecule has 2 nitrogen and oxygen atoms in total. The number of hydrogen-bond donors (Lipinski definition) is 1. The molecule has 0 bridgehead atoms. The largest absolute Gasteiger partial charge is 0.302 e. The Balaban J connectivity index is 3.13. The summed E-state index contributed by atoms with van der Waals surface area (Å²) >= 11 is 0. The summed E-state index contributed by atoms with van der Waals surface area (Å²) in [5.74, 6) is 0.736. The van der Waals surface area contributed by atoms with Crippen molar-refractivity contribution in [3.05, 3.63) is 0 Å². The molecule has 0 rings (SSSR count). The van der Waals surface area contributed by atoms with E-state index in [0.29, 0.717) is 0 Å². The SMILES string of the molecule is CCCCCCCCCCCCNOCC(CC)CCCC. The van der Waals surface area contributed by atoms with Crippen LogP contribution in [-0.2, 0) is 4.84 Å². The molecule has 0 heterocycles. The molecule has 0 fully saturated rings. The third-order valence-corrected chi connectivity index (χ3v) is 4.60. The molecule has 0 aromatic carbocycles. The lowest BCUT2D eigenvalue weighted by Gasteiger charge is -2.14. The van der Waals surface area contributed by atoms with Crippen molar-refractivity contribution < 1.29 is 4.84 Å². The van der Waals surface area contributed by atoms with E-state index < -0.39 is 0 Å². The van der Waals surface area contributed by atoms with E-state index in [2.05, 4.69) is 26.3 Å². The van der Waals surface area contributed by atoms with E-state index in [1.54, 1.807) is 0 Å². The normalized spacial score (nSPS) is 12.7. The van der Waals surface area contributed by atoms with Crippen LogP contribution in [0.5, 0.6) is 0 Å². The van der Waals surface area contributed by atoms with E-state index >= 15 is 0 Å². The van der Waals surface area contributed by atoms with Crippen molar-refractivity contribution in [3.63, 3.8) is 0 Å². The minimum atomic E-state index is 0.736. The van der Waals surface area contributed by atoms with Crippen LogP contribution in [0.2, 0.25) is 0 Å². The number of unbranched alkanes of at least 4 members (excludes halogenated alkanes) is 10. The Bertz CT molecular complexity index is 196. The Kier molecular flexibility index (Phi) is 18.9. The smallest absolute Gasteiger partial charge is 0.0710 e. The molecule has 0 aliphatic carbocycles. The van der Waals surface area contributed by atoms with Gasteiger partial charge in [0.2, 0.25) is 0 Å². The highest BCUT2D eigenvalue weighted by Crippen LogP contribution is 2.12. The van der Waals surface area contributed by atoms with Gasteiger partial charge >= 0.3 is 0 Å². The molecule has 134 valence electrons. The topological polar surface area (TPSA) is 21.3 Å². The zero-order chi connectivity index (χ0) is 16.3. The van der Waals surface area contributed by atoms with Crippen LogP contribution in [-0.4, -0.2) is 13.2 Å². The number of rotatable bonds is 18. The highest BCUT2D eigenvalue weighted by Gasteiger charge is 2.05. The zero-order valence-corrected chi connectivity index (χ0v) is 15.8. The van der Waals surface area contributed by atoms with E-state index in [1.165, 1.54) is 89.9 Å². The summed E-state index contributed by atoms with van der Waals surface area (Å²) in [5.41, 5.74) is 3.15. The van der Waals surface area contributed by atoms with Gasteiger partial charge in [-0.1, -0.05) is 97.8 Å². The minimum Gasteiger partial charge on any atom is -0.302 e. The van der Waals surface area contributed by atoms with Gasteiger partial charge in [-0.3, -0.25) is 0 Å². The molecule has 1 unspecified atom stereocenters. The van der Waals surface area contributed by atoms with Gasteiger partial charge in [0.05, 0.1) is 6.61 Å². The second-order valence-electron chi connectivity index (χ2n) is 6.80. The molecule has 0 aromatic heterocycles. The van der Waals surface area contributed by atoms with Crippen molar-refractivity contribution >= 4 is 0 Å². The van der Waals surface area contributed by atoms with Crippen molar-refractivity contribution in [2.45, 2.75) is 111 Å². The quantitative estimate of drug-likeness (QED) is 0.226.